The molecule has 0 bridgehead atoms. The van der Waals surface area contributed by atoms with Crippen LogP contribution in [0.5, 0.6) is 0 Å². The first-order valence-corrected chi connectivity index (χ1v) is 4.00. The van der Waals surface area contributed by atoms with Crippen LogP contribution in [0.4, 0.5) is 11.4 Å². The Hall–Kier alpha value is -2.31. The number of hydrogen-bond donors (Lipinski definition) is 0. The number of hydrogen-bond acceptors (Lipinski definition) is 6. The third kappa shape index (κ3) is 1.33. The molecule has 1 aliphatic heterocycles. The highest BCUT2D eigenvalue weighted by molar-refractivity contribution is 5.80. The number of rotatable bonds is 2. The zero-order valence-electron chi connectivity index (χ0n) is 7.28. The first kappa shape index (κ1) is 9.25. The van der Waals surface area contributed by atoms with Gasteiger partial charge in [0.05, 0.1) is 22.1 Å². The van der Waals surface area contributed by atoms with E-state index in [1.165, 1.54) is 18.2 Å². The molecule has 0 radical (unpaired) electrons. The minimum Gasteiger partial charge on any atom is -0.547 e. The normalized spacial score (nSPS) is 17.5. The zero-order chi connectivity index (χ0) is 11.0. The van der Waals surface area contributed by atoms with Crippen molar-refractivity contribution < 1.29 is 14.8 Å². The highest BCUT2D eigenvalue weighted by Gasteiger charge is 2.30. The third-order valence-electron chi connectivity index (χ3n) is 2.03. The van der Waals surface area contributed by atoms with Gasteiger partial charge in [-0.15, -0.1) is 0 Å². The molecule has 1 atom stereocenters. The maximum Gasteiger partial charge on any atom is 0.277 e. The van der Waals surface area contributed by atoms with E-state index in [2.05, 4.69) is 10.2 Å². The molecular weight excluding hydrogens is 202 g/mol. The van der Waals surface area contributed by atoms with Crippen LogP contribution < -0.4 is 5.11 Å². The predicted octanol–water partition coefficient (Wildman–Crippen LogP) is 0.483. The van der Waals surface area contributed by atoms with Crippen LogP contribution in [0.1, 0.15) is 11.6 Å². The molecule has 1 aromatic rings. The number of carboxylic acids is 1. The van der Waals surface area contributed by atoms with E-state index in [9.17, 15) is 20.0 Å². The van der Waals surface area contributed by atoms with E-state index in [1.807, 2.05) is 0 Å². The van der Waals surface area contributed by atoms with Crippen molar-refractivity contribution in [1.29, 1.82) is 0 Å². The van der Waals surface area contributed by atoms with Gasteiger partial charge in [-0.2, -0.15) is 10.2 Å². The molecule has 7 nitrogen and oxygen atoms in total. The molecule has 0 spiro atoms. The molecule has 0 amide bonds. The summed E-state index contributed by atoms with van der Waals surface area (Å²) in [4.78, 5) is 20.6. The average Bonchev–Trinajstić information content (AvgIpc) is 2.60. The van der Waals surface area contributed by atoms with Crippen molar-refractivity contribution >= 4 is 17.3 Å². The van der Waals surface area contributed by atoms with Gasteiger partial charge in [0, 0.05) is 6.07 Å². The monoisotopic (exact) mass is 206 g/mol. The Morgan fingerprint density at radius 1 is 1.47 bits per heavy atom. The summed E-state index contributed by atoms with van der Waals surface area (Å²) in [6.07, 6.45) is 0. The second kappa shape index (κ2) is 3.12. The number of carboxylic acid groups (broad SMARTS) is 1. The number of carbonyl (C=O) groups is 1. The molecular formula is C8H4N3O4-. The smallest absolute Gasteiger partial charge is 0.277 e. The molecule has 0 saturated heterocycles. The number of fused-ring (bicyclic) bond motifs is 1. The van der Waals surface area contributed by atoms with Gasteiger partial charge < -0.3 is 9.90 Å². The Balaban J connectivity index is 2.62. The summed E-state index contributed by atoms with van der Waals surface area (Å²) in [5, 5.41) is 28.2. The molecule has 15 heavy (non-hydrogen) atoms. The van der Waals surface area contributed by atoms with E-state index < -0.39 is 16.9 Å². The number of benzene rings is 1. The minimum absolute atomic E-state index is 0.0116. The maximum atomic E-state index is 10.7. The molecule has 1 unspecified atom stereocenters. The SMILES string of the molecule is O=C([O-])C1N=Nc2cccc([N+](=O)[O-])c21. The van der Waals surface area contributed by atoms with Gasteiger partial charge in [0.2, 0.25) is 0 Å². The second-order valence-corrected chi connectivity index (χ2v) is 2.90. The Kier molecular flexibility index (Phi) is 1.93. The van der Waals surface area contributed by atoms with Crippen LogP contribution in [-0.4, -0.2) is 10.9 Å². The summed E-state index contributed by atoms with van der Waals surface area (Å²) in [5.41, 5.74) is -0.104. The van der Waals surface area contributed by atoms with Crippen LogP contribution in [0.15, 0.2) is 28.4 Å². The predicted molar refractivity (Wildman–Crippen MR) is 45.4 cm³/mol. The Morgan fingerprint density at radius 2 is 2.20 bits per heavy atom. The largest absolute Gasteiger partial charge is 0.547 e. The van der Waals surface area contributed by atoms with Gasteiger partial charge in [0.15, 0.2) is 0 Å². The van der Waals surface area contributed by atoms with Crippen molar-refractivity contribution in [3.63, 3.8) is 0 Å². The van der Waals surface area contributed by atoms with E-state index in [0.717, 1.165) is 0 Å². The van der Waals surface area contributed by atoms with E-state index in [1.54, 1.807) is 0 Å². The minimum atomic E-state index is -1.49. The van der Waals surface area contributed by atoms with Crippen molar-refractivity contribution in [2.45, 2.75) is 6.04 Å². The molecule has 1 aliphatic rings. The summed E-state index contributed by atoms with van der Waals surface area (Å²) >= 11 is 0. The molecule has 0 saturated carbocycles. The first-order valence-electron chi connectivity index (χ1n) is 4.00. The maximum absolute atomic E-state index is 10.7. The quantitative estimate of drug-likeness (QED) is 0.517. The van der Waals surface area contributed by atoms with Crippen LogP contribution in [0, 0.1) is 10.1 Å². The van der Waals surface area contributed by atoms with Gasteiger partial charge in [-0.25, -0.2) is 0 Å². The molecule has 0 aromatic heterocycles. The van der Waals surface area contributed by atoms with E-state index in [4.69, 9.17) is 0 Å². The van der Waals surface area contributed by atoms with Crippen molar-refractivity contribution in [2.24, 2.45) is 10.2 Å². The van der Waals surface area contributed by atoms with Gasteiger partial charge in [0.25, 0.3) is 5.69 Å². The molecule has 0 aliphatic carbocycles. The Bertz CT molecular complexity index is 483. The van der Waals surface area contributed by atoms with E-state index in [0.29, 0.717) is 0 Å². The lowest BCUT2D eigenvalue weighted by molar-refractivity contribution is -0.385. The lowest BCUT2D eigenvalue weighted by Gasteiger charge is -2.08. The van der Waals surface area contributed by atoms with Crippen molar-refractivity contribution in [1.82, 2.24) is 0 Å². The first-order chi connectivity index (χ1) is 7.11. The number of carbonyl (C=O) groups excluding carboxylic acids is 1. The van der Waals surface area contributed by atoms with Gasteiger partial charge in [-0.3, -0.25) is 10.1 Å². The van der Waals surface area contributed by atoms with Crippen molar-refractivity contribution in [3.8, 4) is 0 Å². The summed E-state index contributed by atoms with van der Waals surface area (Å²) < 4.78 is 0. The average molecular weight is 206 g/mol. The number of aliphatic carboxylic acids is 1. The van der Waals surface area contributed by atoms with Gasteiger partial charge in [-0.05, 0) is 6.07 Å². The second-order valence-electron chi connectivity index (χ2n) is 2.90. The summed E-state index contributed by atoms with van der Waals surface area (Å²) in [7, 11) is 0. The standard InChI is InChI=1S/C8H5N3O4/c12-8(13)7-6-4(9-10-7)2-1-3-5(6)11(14)15/h1-3,7H,(H,12,13)/p-1. The fourth-order valence-electron chi connectivity index (χ4n) is 1.41. The molecule has 2 rings (SSSR count). The number of nitro benzene ring substituents is 1. The number of nitro groups is 1. The Labute approximate surface area is 83.2 Å². The topological polar surface area (TPSA) is 108 Å². The van der Waals surface area contributed by atoms with Crippen LogP contribution in [0.2, 0.25) is 0 Å². The molecule has 76 valence electrons. The zero-order valence-corrected chi connectivity index (χ0v) is 7.28. The van der Waals surface area contributed by atoms with Gasteiger partial charge in [0.1, 0.15) is 6.04 Å². The highest BCUT2D eigenvalue weighted by Crippen LogP contribution is 2.40. The summed E-state index contributed by atoms with van der Waals surface area (Å²) in [6.45, 7) is 0. The molecule has 1 heterocycles. The Morgan fingerprint density at radius 3 is 2.80 bits per heavy atom. The van der Waals surface area contributed by atoms with Crippen molar-refractivity contribution in [3.05, 3.63) is 33.9 Å². The van der Waals surface area contributed by atoms with E-state index >= 15 is 0 Å². The van der Waals surface area contributed by atoms with Crippen LogP contribution in [-0.2, 0) is 4.79 Å². The summed E-state index contributed by atoms with van der Waals surface area (Å²) in [5.74, 6) is -1.49. The van der Waals surface area contributed by atoms with Crippen LogP contribution >= 0.6 is 0 Å². The fourth-order valence-corrected chi connectivity index (χ4v) is 1.41. The highest BCUT2D eigenvalue weighted by atomic mass is 16.6. The molecule has 0 N–H and O–H groups in total. The number of nitrogens with zero attached hydrogens (tertiary/aromatic N) is 3. The van der Waals surface area contributed by atoms with Gasteiger partial charge in [-0.1, -0.05) is 6.07 Å². The lowest BCUT2D eigenvalue weighted by atomic mass is 10.0. The third-order valence-corrected chi connectivity index (χ3v) is 2.03. The van der Waals surface area contributed by atoms with Crippen LogP contribution in [0.25, 0.3) is 0 Å². The van der Waals surface area contributed by atoms with E-state index in [-0.39, 0.29) is 16.9 Å². The molecule has 0 fully saturated rings. The van der Waals surface area contributed by atoms with Gasteiger partial charge >= 0.3 is 0 Å². The summed E-state index contributed by atoms with van der Waals surface area (Å²) in [6, 6.07) is 2.73. The molecule has 1 aromatic carbocycles. The van der Waals surface area contributed by atoms with Crippen molar-refractivity contribution in [2.75, 3.05) is 0 Å². The van der Waals surface area contributed by atoms with Crippen LogP contribution in [0.3, 0.4) is 0 Å². The lowest BCUT2D eigenvalue weighted by Crippen LogP contribution is -2.28. The fraction of sp³-hybridized carbons (Fsp3) is 0.125. The molecule has 7 heteroatoms. The number of azo groups is 1.